The largest absolute Gasteiger partial charge is 0.355 e. The zero-order valence-electron chi connectivity index (χ0n) is 15.6. The van der Waals surface area contributed by atoms with E-state index in [4.69, 9.17) is 0 Å². The molecule has 2 aromatic rings. The summed E-state index contributed by atoms with van der Waals surface area (Å²) in [6.07, 6.45) is 2.16. The molecule has 0 atom stereocenters. The average Bonchev–Trinajstić information content (AvgIpc) is 2.99. The molecular formula is C19H28N4OS. The monoisotopic (exact) mass is 360 g/mol. The molecule has 1 aromatic carbocycles. The Bertz CT molecular complexity index is 696. The Morgan fingerprint density at radius 1 is 1.28 bits per heavy atom. The van der Waals surface area contributed by atoms with Crippen molar-refractivity contribution in [2.75, 3.05) is 12.3 Å². The van der Waals surface area contributed by atoms with Gasteiger partial charge in [0, 0.05) is 18.7 Å². The number of thioether (sulfide) groups is 1. The van der Waals surface area contributed by atoms with Gasteiger partial charge >= 0.3 is 0 Å². The standard InChI is InChI=1S/C19H28N4OS/c1-5-23-18(16-11-7-6-10-15(16)4)21-22-19(23)25-13-17(24)20-12-8-9-14(2)3/h6-7,10-11,14H,5,8-9,12-13H2,1-4H3,(H,20,24). The summed E-state index contributed by atoms with van der Waals surface area (Å²) in [4.78, 5) is 12.0. The molecule has 1 heterocycles. The smallest absolute Gasteiger partial charge is 0.230 e. The maximum Gasteiger partial charge on any atom is 0.230 e. The molecular weight excluding hydrogens is 332 g/mol. The number of nitrogens with zero attached hydrogens (tertiary/aromatic N) is 3. The molecule has 0 aliphatic rings. The van der Waals surface area contributed by atoms with Crippen LogP contribution in [0.5, 0.6) is 0 Å². The third-order valence-electron chi connectivity index (χ3n) is 4.03. The fourth-order valence-electron chi connectivity index (χ4n) is 2.62. The Morgan fingerprint density at radius 3 is 2.72 bits per heavy atom. The van der Waals surface area contributed by atoms with Crippen LogP contribution in [0.2, 0.25) is 0 Å². The Morgan fingerprint density at radius 2 is 2.04 bits per heavy atom. The molecule has 25 heavy (non-hydrogen) atoms. The van der Waals surface area contributed by atoms with Gasteiger partial charge in [0.15, 0.2) is 11.0 Å². The van der Waals surface area contributed by atoms with Crippen LogP contribution in [0, 0.1) is 12.8 Å². The van der Waals surface area contributed by atoms with Crippen molar-refractivity contribution in [3.8, 4) is 11.4 Å². The fraction of sp³-hybridized carbons (Fsp3) is 0.526. The number of hydrogen-bond donors (Lipinski definition) is 1. The lowest BCUT2D eigenvalue weighted by Gasteiger charge is -2.09. The molecule has 2 rings (SSSR count). The molecule has 0 bridgehead atoms. The minimum absolute atomic E-state index is 0.0526. The zero-order chi connectivity index (χ0) is 18.2. The second kappa shape index (κ2) is 9.61. The first-order chi connectivity index (χ1) is 12.0. The summed E-state index contributed by atoms with van der Waals surface area (Å²) in [5, 5.41) is 12.4. The van der Waals surface area contributed by atoms with Gasteiger partial charge in [-0.15, -0.1) is 10.2 Å². The summed E-state index contributed by atoms with van der Waals surface area (Å²) in [7, 11) is 0. The quantitative estimate of drug-likeness (QED) is 0.544. The van der Waals surface area contributed by atoms with Gasteiger partial charge in [0.05, 0.1) is 5.75 Å². The molecule has 6 heteroatoms. The lowest BCUT2D eigenvalue weighted by Crippen LogP contribution is -2.26. The van der Waals surface area contributed by atoms with Crippen molar-refractivity contribution < 1.29 is 4.79 Å². The second-order valence-corrected chi connectivity index (χ2v) is 7.48. The van der Waals surface area contributed by atoms with Crippen LogP contribution in [0.15, 0.2) is 29.4 Å². The molecule has 0 unspecified atom stereocenters. The van der Waals surface area contributed by atoms with Crippen LogP contribution in [0.3, 0.4) is 0 Å². The van der Waals surface area contributed by atoms with Crippen molar-refractivity contribution in [2.24, 2.45) is 5.92 Å². The predicted octanol–water partition coefficient (Wildman–Crippen LogP) is 3.92. The van der Waals surface area contributed by atoms with E-state index >= 15 is 0 Å². The van der Waals surface area contributed by atoms with Crippen molar-refractivity contribution in [3.05, 3.63) is 29.8 Å². The maximum absolute atomic E-state index is 12.0. The fourth-order valence-corrected chi connectivity index (χ4v) is 3.46. The number of carbonyl (C=O) groups excluding carboxylic acids is 1. The number of benzene rings is 1. The molecule has 0 radical (unpaired) electrons. The molecule has 1 N–H and O–H groups in total. The van der Waals surface area contributed by atoms with Gasteiger partial charge in [0.25, 0.3) is 0 Å². The number of rotatable bonds is 9. The van der Waals surface area contributed by atoms with Crippen molar-refractivity contribution in [1.82, 2.24) is 20.1 Å². The van der Waals surface area contributed by atoms with Gasteiger partial charge < -0.3 is 9.88 Å². The lowest BCUT2D eigenvalue weighted by molar-refractivity contribution is -0.118. The average molecular weight is 361 g/mol. The van der Waals surface area contributed by atoms with Crippen LogP contribution in [0.4, 0.5) is 0 Å². The van der Waals surface area contributed by atoms with E-state index in [1.54, 1.807) is 0 Å². The summed E-state index contributed by atoms with van der Waals surface area (Å²) >= 11 is 1.44. The van der Waals surface area contributed by atoms with Gasteiger partial charge in [-0.05, 0) is 38.2 Å². The summed E-state index contributed by atoms with van der Waals surface area (Å²) in [5.74, 6) is 1.96. The van der Waals surface area contributed by atoms with Gasteiger partial charge in [-0.3, -0.25) is 4.79 Å². The predicted molar refractivity (Wildman–Crippen MR) is 104 cm³/mol. The Kier molecular flexibility index (Phi) is 7.50. The molecule has 0 aliphatic carbocycles. The van der Waals surface area contributed by atoms with E-state index in [9.17, 15) is 4.79 Å². The normalized spacial score (nSPS) is 11.1. The topological polar surface area (TPSA) is 59.8 Å². The number of hydrogen-bond acceptors (Lipinski definition) is 4. The highest BCUT2D eigenvalue weighted by atomic mass is 32.2. The maximum atomic E-state index is 12.0. The number of aryl methyl sites for hydroxylation is 1. The molecule has 0 saturated heterocycles. The van der Waals surface area contributed by atoms with Gasteiger partial charge in [-0.25, -0.2) is 0 Å². The molecule has 1 aromatic heterocycles. The lowest BCUT2D eigenvalue weighted by atomic mass is 10.1. The van der Waals surface area contributed by atoms with Crippen molar-refractivity contribution in [3.63, 3.8) is 0 Å². The van der Waals surface area contributed by atoms with E-state index in [0.717, 1.165) is 42.5 Å². The minimum atomic E-state index is 0.0526. The Labute approximate surface area is 154 Å². The molecule has 0 saturated carbocycles. The van der Waals surface area contributed by atoms with Crippen LogP contribution >= 0.6 is 11.8 Å². The van der Waals surface area contributed by atoms with E-state index in [-0.39, 0.29) is 5.91 Å². The molecule has 5 nitrogen and oxygen atoms in total. The Hall–Kier alpha value is -1.82. The number of aromatic nitrogens is 3. The second-order valence-electron chi connectivity index (χ2n) is 6.54. The number of carbonyl (C=O) groups is 1. The van der Waals surface area contributed by atoms with Gasteiger partial charge in [-0.2, -0.15) is 0 Å². The van der Waals surface area contributed by atoms with Gasteiger partial charge in [-0.1, -0.05) is 49.9 Å². The van der Waals surface area contributed by atoms with Crippen LogP contribution in [0.25, 0.3) is 11.4 Å². The van der Waals surface area contributed by atoms with E-state index in [1.807, 2.05) is 12.1 Å². The van der Waals surface area contributed by atoms with E-state index in [2.05, 4.69) is 59.9 Å². The molecule has 0 aliphatic heterocycles. The highest BCUT2D eigenvalue weighted by Gasteiger charge is 2.15. The van der Waals surface area contributed by atoms with Gasteiger partial charge in [0.1, 0.15) is 0 Å². The van der Waals surface area contributed by atoms with Crippen LogP contribution in [-0.4, -0.2) is 33.0 Å². The van der Waals surface area contributed by atoms with Crippen molar-refractivity contribution >= 4 is 17.7 Å². The summed E-state index contributed by atoms with van der Waals surface area (Å²) in [6, 6.07) is 8.15. The van der Waals surface area contributed by atoms with Crippen LogP contribution in [0.1, 0.15) is 39.2 Å². The molecule has 0 fully saturated rings. The molecule has 0 spiro atoms. The summed E-state index contributed by atoms with van der Waals surface area (Å²) < 4.78 is 2.07. The van der Waals surface area contributed by atoms with Crippen LogP contribution < -0.4 is 5.32 Å². The summed E-state index contributed by atoms with van der Waals surface area (Å²) in [6.45, 7) is 10.0. The highest BCUT2D eigenvalue weighted by molar-refractivity contribution is 7.99. The first-order valence-corrected chi connectivity index (χ1v) is 9.90. The SMILES string of the molecule is CCn1c(SCC(=O)NCCCC(C)C)nnc1-c1ccccc1C. The summed E-state index contributed by atoms with van der Waals surface area (Å²) in [5.41, 5.74) is 2.26. The zero-order valence-corrected chi connectivity index (χ0v) is 16.4. The van der Waals surface area contributed by atoms with Crippen molar-refractivity contribution in [2.45, 2.75) is 52.2 Å². The first-order valence-electron chi connectivity index (χ1n) is 8.91. The van der Waals surface area contributed by atoms with Gasteiger partial charge in [0.2, 0.25) is 5.91 Å². The van der Waals surface area contributed by atoms with E-state index in [1.165, 1.54) is 17.3 Å². The van der Waals surface area contributed by atoms with E-state index in [0.29, 0.717) is 11.7 Å². The molecule has 1 amide bonds. The van der Waals surface area contributed by atoms with Crippen molar-refractivity contribution in [1.29, 1.82) is 0 Å². The first kappa shape index (κ1) is 19.5. The third kappa shape index (κ3) is 5.59. The number of nitrogens with one attached hydrogen (secondary N) is 1. The Balaban J connectivity index is 1.95. The number of amides is 1. The highest BCUT2D eigenvalue weighted by Crippen LogP contribution is 2.26. The minimum Gasteiger partial charge on any atom is -0.355 e. The van der Waals surface area contributed by atoms with E-state index < -0.39 is 0 Å². The third-order valence-corrected chi connectivity index (χ3v) is 5.00. The van der Waals surface area contributed by atoms with Crippen LogP contribution in [-0.2, 0) is 11.3 Å². The molecule has 136 valence electrons.